The van der Waals surface area contributed by atoms with Crippen LogP contribution in [0.25, 0.3) is 6.08 Å². The number of esters is 1. The molecule has 1 atom stereocenters. The molecule has 1 aliphatic rings. The van der Waals surface area contributed by atoms with Crippen LogP contribution in [-0.2, 0) is 14.3 Å². The number of fused-ring (bicyclic) bond motifs is 1. The molecule has 12 heteroatoms. The van der Waals surface area contributed by atoms with E-state index in [1.807, 2.05) is 0 Å². The van der Waals surface area contributed by atoms with Gasteiger partial charge in [0, 0.05) is 13.2 Å². The second-order valence-electron chi connectivity index (χ2n) is 9.49. The van der Waals surface area contributed by atoms with E-state index in [0.29, 0.717) is 34.2 Å². The van der Waals surface area contributed by atoms with Crippen molar-refractivity contribution in [3.8, 4) is 11.5 Å². The summed E-state index contributed by atoms with van der Waals surface area (Å²) in [5, 5.41) is 11.6. The predicted octanol–water partition coefficient (Wildman–Crippen LogP) is 3.91. The average Bonchev–Trinajstić information content (AvgIpc) is 3.28. The topological polar surface area (TPSA) is 131 Å². The highest BCUT2D eigenvalue weighted by atomic mass is 32.1. The lowest BCUT2D eigenvalue weighted by Gasteiger charge is -2.25. The van der Waals surface area contributed by atoms with Crippen molar-refractivity contribution in [3.63, 3.8) is 0 Å². The Morgan fingerprint density at radius 2 is 1.90 bits per heavy atom. The highest BCUT2D eigenvalue weighted by molar-refractivity contribution is 7.07. The zero-order valence-corrected chi connectivity index (χ0v) is 24.8. The van der Waals surface area contributed by atoms with Gasteiger partial charge in [-0.3, -0.25) is 19.5 Å². The molecular weight excluding hydrogens is 562 g/mol. The molecule has 11 nitrogen and oxygen atoms in total. The Hall–Kier alpha value is -4.29. The van der Waals surface area contributed by atoms with E-state index in [1.54, 1.807) is 43.3 Å². The number of benzene rings is 2. The monoisotopic (exact) mass is 595 g/mol. The summed E-state index contributed by atoms with van der Waals surface area (Å²) in [6, 6.07) is 10.5. The minimum Gasteiger partial charge on any atom is -0.493 e. The number of methoxy groups -OCH3 is 2. The number of unbranched alkanes of at least 4 members (excludes halogenated alkanes) is 2. The largest absolute Gasteiger partial charge is 0.493 e. The summed E-state index contributed by atoms with van der Waals surface area (Å²) in [6.07, 6.45) is 4.48. The lowest BCUT2D eigenvalue weighted by atomic mass is 9.95. The van der Waals surface area contributed by atoms with Crippen molar-refractivity contribution in [2.75, 3.05) is 34.0 Å². The minimum atomic E-state index is -0.896. The molecule has 0 saturated carbocycles. The van der Waals surface area contributed by atoms with Gasteiger partial charge in [0.1, 0.15) is 6.61 Å². The second-order valence-corrected chi connectivity index (χ2v) is 10.5. The number of rotatable bonds is 13. The molecule has 0 fully saturated rings. The fourth-order valence-electron chi connectivity index (χ4n) is 4.62. The van der Waals surface area contributed by atoms with Crippen LogP contribution >= 0.6 is 11.3 Å². The number of carbonyl (C=O) groups is 1. The number of para-hydroxylation sites is 1. The first kappa shape index (κ1) is 30.7. The van der Waals surface area contributed by atoms with Gasteiger partial charge in [-0.1, -0.05) is 49.3 Å². The van der Waals surface area contributed by atoms with E-state index in [1.165, 1.54) is 30.9 Å². The standard InChI is InChI=1S/C30H33N3O8S/c1-5-6-9-14-40-23-13-12-21(17-24(23)39-4)27-26(29(35)41-16-15-38-3)19(2)31-30-32(27)28(34)25(42-30)18-20-10-7-8-11-22(20)33(36)37/h7-8,10-13,17-18,27H,5-6,9,14-16H2,1-4H3. The molecule has 0 radical (unpaired) electrons. The van der Waals surface area contributed by atoms with Crippen LogP contribution in [0.15, 0.2) is 63.5 Å². The van der Waals surface area contributed by atoms with Crippen LogP contribution in [0, 0.1) is 10.1 Å². The number of allylic oxidation sites excluding steroid dienone is 1. The molecule has 2 aromatic carbocycles. The smallest absolute Gasteiger partial charge is 0.338 e. The van der Waals surface area contributed by atoms with Crippen LogP contribution in [0.4, 0.5) is 5.69 Å². The molecule has 0 saturated heterocycles. The van der Waals surface area contributed by atoms with Gasteiger partial charge in [0.05, 0.1) is 52.7 Å². The first-order chi connectivity index (χ1) is 20.3. The summed E-state index contributed by atoms with van der Waals surface area (Å²) in [6.45, 7) is 4.55. The Kier molecular flexibility index (Phi) is 10.3. The fraction of sp³-hybridized carbons (Fsp3) is 0.367. The van der Waals surface area contributed by atoms with Gasteiger partial charge in [0.15, 0.2) is 16.3 Å². The third-order valence-corrected chi connectivity index (χ3v) is 7.67. The molecule has 1 unspecified atom stereocenters. The molecule has 1 aliphatic heterocycles. The highest BCUT2D eigenvalue weighted by Gasteiger charge is 2.34. The van der Waals surface area contributed by atoms with E-state index in [4.69, 9.17) is 18.9 Å². The molecule has 0 aliphatic carbocycles. The van der Waals surface area contributed by atoms with Crippen molar-refractivity contribution in [1.82, 2.24) is 4.57 Å². The van der Waals surface area contributed by atoms with Crippen LogP contribution in [0.5, 0.6) is 11.5 Å². The molecule has 2 heterocycles. The summed E-state index contributed by atoms with van der Waals surface area (Å²) in [5.74, 6) is 0.365. The van der Waals surface area contributed by atoms with Crippen LogP contribution < -0.4 is 24.4 Å². The van der Waals surface area contributed by atoms with Crippen molar-refractivity contribution in [2.45, 2.75) is 39.2 Å². The zero-order chi connectivity index (χ0) is 30.2. The van der Waals surface area contributed by atoms with Crippen LogP contribution in [0.3, 0.4) is 0 Å². The van der Waals surface area contributed by atoms with Crippen molar-refractivity contribution < 1.29 is 28.7 Å². The number of nitrogens with zero attached hydrogens (tertiary/aromatic N) is 3. The minimum absolute atomic E-state index is 0.0226. The van der Waals surface area contributed by atoms with Crippen LogP contribution in [-0.4, -0.2) is 49.5 Å². The van der Waals surface area contributed by atoms with E-state index >= 15 is 0 Å². The predicted molar refractivity (Wildman–Crippen MR) is 158 cm³/mol. The summed E-state index contributed by atoms with van der Waals surface area (Å²) >= 11 is 1.09. The molecule has 0 amide bonds. The first-order valence-electron chi connectivity index (χ1n) is 13.5. The number of ether oxygens (including phenoxy) is 4. The third kappa shape index (κ3) is 6.60. The molecule has 42 heavy (non-hydrogen) atoms. The average molecular weight is 596 g/mol. The maximum Gasteiger partial charge on any atom is 0.338 e. The number of hydrogen-bond donors (Lipinski definition) is 0. The van der Waals surface area contributed by atoms with E-state index in [9.17, 15) is 19.7 Å². The van der Waals surface area contributed by atoms with Gasteiger partial charge in [-0.05, 0) is 43.2 Å². The molecule has 3 aromatic rings. The van der Waals surface area contributed by atoms with E-state index in [-0.39, 0.29) is 34.6 Å². The van der Waals surface area contributed by atoms with E-state index in [0.717, 1.165) is 30.6 Å². The number of nitro benzene ring substituents is 1. The number of aromatic nitrogens is 1. The Bertz CT molecular complexity index is 1670. The maximum absolute atomic E-state index is 13.9. The summed E-state index contributed by atoms with van der Waals surface area (Å²) < 4.78 is 23.7. The molecular formula is C30H33N3O8S. The maximum atomic E-state index is 13.9. The lowest BCUT2D eigenvalue weighted by molar-refractivity contribution is -0.385. The van der Waals surface area contributed by atoms with Crippen molar-refractivity contribution in [3.05, 3.63) is 94.7 Å². The van der Waals surface area contributed by atoms with Gasteiger partial charge in [-0.2, -0.15) is 0 Å². The van der Waals surface area contributed by atoms with E-state index < -0.39 is 22.5 Å². The van der Waals surface area contributed by atoms with Gasteiger partial charge in [0.25, 0.3) is 11.2 Å². The zero-order valence-electron chi connectivity index (χ0n) is 24.0. The first-order valence-corrected chi connectivity index (χ1v) is 14.3. The van der Waals surface area contributed by atoms with Gasteiger partial charge in [0.2, 0.25) is 0 Å². The number of thiazole rings is 1. The van der Waals surface area contributed by atoms with Gasteiger partial charge < -0.3 is 18.9 Å². The van der Waals surface area contributed by atoms with Gasteiger partial charge in [-0.15, -0.1) is 0 Å². The lowest BCUT2D eigenvalue weighted by Crippen LogP contribution is -2.40. The fourth-order valence-corrected chi connectivity index (χ4v) is 5.66. The van der Waals surface area contributed by atoms with Crippen LogP contribution in [0.2, 0.25) is 0 Å². The molecule has 0 bridgehead atoms. The Morgan fingerprint density at radius 1 is 1.12 bits per heavy atom. The molecule has 222 valence electrons. The molecule has 0 N–H and O–H groups in total. The SMILES string of the molecule is CCCCCOc1ccc(C2C(C(=O)OCCOC)=C(C)N=c3sc(=Cc4ccccc4[N+](=O)[O-])c(=O)n32)cc1OC. The number of nitro groups is 1. The van der Waals surface area contributed by atoms with Crippen molar-refractivity contribution in [2.24, 2.45) is 4.99 Å². The Labute approximate surface area is 246 Å². The summed E-state index contributed by atoms with van der Waals surface area (Å²) in [5.41, 5.74) is 0.868. The number of hydrogen-bond acceptors (Lipinski definition) is 10. The van der Waals surface area contributed by atoms with Crippen LogP contribution in [0.1, 0.15) is 50.3 Å². The molecule has 4 rings (SSSR count). The Balaban J connectivity index is 1.86. The van der Waals surface area contributed by atoms with Gasteiger partial charge in [-0.25, -0.2) is 9.79 Å². The highest BCUT2D eigenvalue weighted by Crippen LogP contribution is 2.36. The van der Waals surface area contributed by atoms with Crippen molar-refractivity contribution >= 4 is 29.1 Å². The third-order valence-electron chi connectivity index (χ3n) is 6.69. The van der Waals surface area contributed by atoms with E-state index in [2.05, 4.69) is 11.9 Å². The Morgan fingerprint density at radius 3 is 2.62 bits per heavy atom. The molecule has 0 spiro atoms. The second kappa shape index (κ2) is 14.1. The summed E-state index contributed by atoms with van der Waals surface area (Å²) in [4.78, 5) is 43.3. The normalized spacial score (nSPS) is 14.8. The molecule has 1 aromatic heterocycles. The number of carbonyl (C=O) groups excluding carboxylic acids is 1. The summed E-state index contributed by atoms with van der Waals surface area (Å²) in [7, 11) is 3.03. The van der Waals surface area contributed by atoms with Crippen molar-refractivity contribution in [1.29, 1.82) is 0 Å². The quantitative estimate of drug-likeness (QED) is 0.126. The van der Waals surface area contributed by atoms with Gasteiger partial charge >= 0.3 is 5.97 Å².